The number of hydrogen-bond acceptors (Lipinski definition) is 4. The van der Waals surface area contributed by atoms with Gasteiger partial charge in [0, 0.05) is 31.2 Å². The topological polar surface area (TPSA) is 90.0 Å². The molecule has 0 bridgehead atoms. The molecular weight excluding hydrogens is 288 g/mol. The smallest absolute Gasteiger partial charge is 0.240 e. The van der Waals surface area contributed by atoms with Crippen molar-refractivity contribution in [1.29, 1.82) is 0 Å². The number of nitrogens with zero attached hydrogens (tertiary/aromatic N) is 2. The molecule has 0 aliphatic heterocycles. The Bertz CT molecular complexity index is 681. The fourth-order valence-electron chi connectivity index (χ4n) is 2.07. The Kier molecular flexibility index (Phi) is 4.98. The van der Waals surface area contributed by atoms with Gasteiger partial charge in [0.1, 0.15) is 0 Å². The van der Waals surface area contributed by atoms with Crippen molar-refractivity contribution >= 4 is 15.7 Å². The standard InChI is InChI=1S/C14H20N4O2S/c1-2-12-5-6-13(15)11-14(12)21(19,20)17-8-4-10-18-9-3-7-16-18/h3,5-7,9,11,17H,2,4,8,10,15H2,1H3. The van der Waals surface area contributed by atoms with Crippen LogP contribution in [0.15, 0.2) is 41.6 Å². The Hall–Kier alpha value is -1.86. The zero-order valence-electron chi connectivity index (χ0n) is 12.0. The summed E-state index contributed by atoms with van der Waals surface area (Å²) < 4.78 is 29.1. The van der Waals surface area contributed by atoms with Crippen LogP contribution >= 0.6 is 0 Å². The number of aromatic nitrogens is 2. The normalized spacial score (nSPS) is 11.7. The molecule has 3 N–H and O–H groups in total. The summed E-state index contributed by atoms with van der Waals surface area (Å²) in [6.07, 6.45) is 4.86. The van der Waals surface area contributed by atoms with Gasteiger partial charge in [0.05, 0.1) is 4.90 Å². The first kappa shape index (κ1) is 15.5. The minimum absolute atomic E-state index is 0.268. The first-order valence-corrected chi connectivity index (χ1v) is 8.36. The third-order valence-corrected chi connectivity index (χ3v) is 4.72. The van der Waals surface area contributed by atoms with E-state index in [0.29, 0.717) is 31.6 Å². The molecule has 2 aromatic rings. The third-order valence-electron chi connectivity index (χ3n) is 3.18. The van der Waals surface area contributed by atoms with E-state index in [4.69, 9.17) is 5.73 Å². The SMILES string of the molecule is CCc1ccc(N)cc1S(=O)(=O)NCCCn1cccn1. The number of nitrogens with one attached hydrogen (secondary N) is 1. The molecule has 7 heteroatoms. The van der Waals surface area contributed by atoms with Crippen molar-refractivity contribution in [3.63, 3.8) is 0 Å². The van der Waals surface area contributed by atoms with Gasteiger partial charge in [-0.15, -0.1) is 0 Å². The first-order chi connectivity index (χ1) is 10.0. The quantitative estimate of drug-likeness (QED) is 0.597. The minimum atomic E-state index is -3.53. The van der Waals surface area contributed by atoms with Crippen LogP contribution in [0, 0.1) is 0 Å². The third kappa shape index (κ3) is 4.05. The second-order valence-electron chi connectivity index (χ2n) is 4.74. The number of nitrogen functional groups attached to an aromatic ring is 1. The molecular formula is C14H20N4O2S. The van der Waals surface area contributed by atoms with Gasteiger partial charge in [-0.3, -0.25) is 4.68 Å². The molecule has 6 nitrogen and oxygen atoms in total. The van der Waals surface area contributed by atoms with E-state index in [1.165, 1.54) is 6.07 Å². The molecule has 0 atom stereocenters. The molecule has 0 unspecified atom stereocenters. The summed E-state index contributed by atoms with van der Waals surface area (Å²) in [5, 5.41) is 4.07. The Morgan fingerprint density at radius 3 is 2.86 bits per heavy atom. The molecule has 0 fully saturated rings. The second kappa shape index (κ2) is 6.73. The number of rotatable bonds is 7. The molecule has 0 radical (unpaired) electrons. The van der Waals surface area contributed by atoms with Crippen molar-refractivity contribution < 1.29 is 8.42 Å². The molecule has 1 aromatic carbocycles. The van der Waals surface area contributed by atoms with Crippen LogP contribution in [0.1, 0.15) is 18.9 Å². The Balaban J connectivity index is 1.99. The second-order valence-corrected chi connectivity index (χ2v) is 6.48. The van der Waals surface area contributed by atoms with E-state index in [9.17, 15) is 8.42 Å². The van der Waals surface area contributed by atoms with Crippen molar-refractivity contribution in [2.24, 2.45) is 0 Å². The van der Waals surface area contributed by atoms with Crippen LogP contribution in [0.25, 0.3) is 0 Å². The van der Waals surface area contributed by atoms with Crippen molar-refractivity contribution in [3.8, 4) is 0 Å². The van der Waals surface area contributed by atoms with Gasteiger partial charge in [-0.05, 0) is 36.6 Å². The van der Waals surface area contributed by atoms with Gasteiger partial charge >= 0.3 is 0 Å². The zero-order valence-corrected chi connectivity index (χ0v) is 12.8. The van der Waals surface area contributed by atoms with Crippen molar-refractivity contribution in [2.45, 2.75) is 31.2 Å². The highest BCUT2D eigenvalue weighted by Crippen LogP contribution is 2.19. The van der Waals surface area contributed by atoms with E-state index in [0.717, 1.165) is 5.56 Å². The number of nitrogens with two attached hydrogens (primary N) is 1. The lowest BCUT2D eigenvalue weighted by atomic mass is 10.1. The molecule has 0 saturated heterocycles. The van der Waals surface area contributed by atoms with E-state index in [1.807, 2.05) is 19.2 Å². The number of aryl methyl sites for hydroxylation is 2. The molecule has 0 aliphatic carbocycles. The van der Waals surface area contributed by atoms with Crippen molar-refractivity contribution in [2.75, 3.05) is 12.3 Å². The fourth-order valence-corrected chi connectivity index (χ4v) is 3.49. The highest BCUT2D eigenvalue weighted by atomic mass is 32.2. The van der Waals surface area contributed by atoms with E-state index in [1.54, 1.807) is 23.0 Å². The molecule has 0 spiro atoms. The van der Waals surface area contributed by atoms with Crippen LogP contribution in [0.3, 0.4) is 0 Å². The summed E-state index contributed by atoms with van der Waals surface area (Å²) in [5.74, 6) is 0. The van der Waals surface area contributed by atoms with E-state index in [-0.39, 0.29) is 4.90 Å². The van der Waals surface area contributed by atoms with E-state index >= 15 is 0 Å². The molecule has 1 aromatic heterocycles. The Labute approximate surface area is 125 Å². The average Bonchev–Trinajstić information content (AvgIpc) is 2.97. The summed E-state index contributed by atoms with van der Waals surface area (Å²) in [4.78, 5) is 0.268. The minimum Gasteiger partial charge on any atom is -0.399 e. The van der Waals surface area contributed by atoms with E-state index in [2.05, 4.69) is 9.82 Å². The van der Waals surface area contributed by atoms with Crippen molar-refractivity contribution in [1.82, 2.24) is 14.5 Å². The van der Waals surface area contributed by atoms with E-state index < -0.39 is 10.0 Å². The Morgan fingerprint density at radius 2 is 2.19 bits per heavy atom. The van der Waals surface area contributed by atoms with Crippen LogP contribution < -0.4 is 10.5 Å². The van der Waals surface area contributed by atoms with Gasteiger partial charge in [0.15, 0.2) is 0 Å². The highest BCUT2D eigenvalue weighted by molar-refractivity contribution is 7.89. The largest absolute Gasteiger partial charge is 0.399 e. The summed E-state index contributed by atoms with van der Waals surface area (Å²) in [6, 6.07) is 6.82. The fraction of sp³-hybridized carbons (Fsp3) is 0.357. The van der Waals surface area contributed by atoms with Gasteiger partial charge in [-0.1, -0.05) is 13.0 Å². The monoisotopic (exact) mass is 308 g/mol. The highest BCUT2D eigenvalue weighted by Gasteiger charge is 2.17. The number of anilines is 1. The van der Waals surface area contributed by atoms with Crippen LogP contribution in [-0.2, 0) is 23.0 Å². The predicted molar refractivity (Wildman–Crippen MR) is 82.3 cm³/mol. The predicted octanol–water partition coefficient (Wildman–Crippen LogP) is 1.40. The lowest BCUT2D eigenvalue weighted by Gasteiger charge is -2.11. The molecule has 0 aliphatic rings. The van der Waals surface area contributed by atoms with Crippen LogP contribution in [-0.4, -0.2) is 24.7 Å². The maximum atomic E-state index is 12.3. The van der Waals surface area contributed by atoms with Crippen molar-refractivity contribution in [3.05, 3.63) is 42.2 Å². The average molecular weight is 308 g/mol. The number of sulfonamides is 1. The molecule has 0 saturated carbocycles. The molecule has 21 heavy (non-hydrogen) atoms. The molecule has 1 heterocycles. The lowest BCUT2D eigenvalue weighted by molar-refractivity contribution is 0.552. The number of hydrogen-bond donors (Lipinski definition) is 2. The zero-order chi connectivity index (χ0) is 15.3. The van der Waals surface area contributed by atoms with Gasteiger partial charge < -0.3 is 5.73 Å². The molecule has 114 valence electrons. The van der Waals surface area contributed by atoms with Gasteiger partial charge in [-0.25, -0.2) is 13.1 Å². The summed E-state index contributed by atoms with van der Waals surface area (Å²) in [7, 11) is -3.53. The maximum absolute atomic E-state index is 12.3. The van der Waals surface area contributed by atoms with Gasteiger partial charge in [0.2, 0.25) is 10.0 Å². The summed E-state index contributed by atoms with van der Waals surface area (Å²) >= 11 is 0. The molecule has 2 rings (SSSR count). The van der Waals surface area contributed by atoms with Crippen LogP contribution in [0.2, 0.25) is 0 Å². The summed E-state index contributed by atoms with van der Waals surface area (Å²) in [6.45, 7) is 2.95. The van der Waals surface area contributed by atoms with Gasteiger partial charge in [-0.2, -0.15) is 5.10 Å². The van der Waals surface area contributed by atoms with Crippen LogP contribution in [0.5, 0.6) is 0 Å². The Morgan fingerprint density at radius 1 is 1.38 bits per heavy atom. The molecule has 0 amide bonds. The summed E-state index contributed by atoms with van der Waals surface area (Å²) in [5.41, 5.74) is 6.91. The lowest BCUT2D eigenvalue weighted by Crippen LogP contribution is -2.26. The number of benzene rings is 1. The van der Waals surface area contributed by atoms with Gasteiger partial charge in [0.25, 0.3) is 0 Å². The maximum Gasteiger partial charge on any atom is 0.240 e. The van der Waals surface area contributed by atoms with Crippen LogP contribution in [0.4, 0.5) is 5.69 Å². The first-order valence-electron chi connectivity index (χ1n) is 6.88.